The van der Waals surface area contributed by atoms with E-state index in [1.807, 2.05) is 189 Å². The Morgan fingerprint density at radius 1 is 0.651 bits per heavy atom. The third kappa shape index (κ3) is 28.7. The molecule has 2 aliphatic heterocycles. The van der Waals surface area contributed by atoms with Gasteiger partial charge >= 0.3 is 17.9 Å². The first-order valence-corrected chi connectivity index (χ1v) is 29.3. The van der Waals surface area contributed by atoms with Crippen LogP contribution >= 0.6 is 108 Å². The lowest BCUT2D eigenvalue weighted by atomic mass is 9.84. The molecule has 6 nitrogen and oxygen atoms in total. The zero-order chi connectivity index (χ0) is 47.0. The molecule has 6 unspecified atom stereocenters. The molecule has 3 aromatic carbocycles. The minimum Gasteiger partial charge on any atom is -0.461 e. The molecule has 2 fully saturated rings. The molecule has 5 rings (SSSR count). The predicted octanol–water partition coefficient (Wildman–Crippen LogP) is 12.0. The summed E-state index contributed by atoms with van der Waals surface area (Å²) in [7, 11) is 0. The quantitative estimate of drug-likeness (QED) is 0.0332. The van der Waals surface area contributed by atoms with Gasteiger partial charge in [-0.2, -0.15) is 95.8 Å². The van der Waals surface area contributed by atoms with Crippen LogP contribution in [0.2, 0.25) is 13.6 Å². The van der Waals surface area contributed by atoms with Crippen LogP contribution in [-0.2, 0) is 48.4 Å². The van der Waals surface area contributed by atoms with Gasteiger partial charge in [-0.3, -0.25) is 9.59 Å². The summed E-state index contributed by atoms with van der Waals surface area (Å²) in [6.07, 6.45) is 0. The first-order valence-electron chi connectivity index (χ1n) is 21.5. The van der Waals surface area contributed by atoms with Crippen molar-refractivity contribution in [2.75, 3.05) is 57.5 Å². The zero-order valence-electron chi connectivity index (χ0n) is 38.3. The number of esters is 3. The Bertz CT molecular complexity index is 1600. The number of thiol groups is 3. The Balaban J connectivity index is 0.000000404. The number of carbonyl (C=O) groups excluding carboxylic acids is 3. The van der Waals surface area contributed by atoms with Gasteiger partial charge in [-0.1, -0.05) is 125 Å². The highest BCUT2D eigenvalue weighted by Crippen LogP contribution is 2.34. The number of hydrogen-bond acceptors (Lipinski definition) is 15. The molecule has 16 heteroatoms. The van der Waals surface area contributed by atoms with Gasteiger partial charge in [0.15, 0.2) is 5.99 Å². The molecule has 6 atom stereocenters. The maximum absolute atomic E-state index is 12.3. The average Bonchev–Trinajstić information content (AvgIpc) is 3.33. The van der Waals surface area contributed by atoms with E-state index >= 15 is 0 Å². The van der Waals surface area contributed by atoms with E-state index in [-0.39, 0.29) is 29.7 Å². The van der Waals surface area contributed by atoms with Crippen LogP contribution in [-0.4, -0.2) is 104 Å². The number of hydrogen-bond donors (Lipinski definition) is 3. The van der Waals surface area contributed by atoms with Gasteiger partial charge in [0.25, 0.3) is 0 Å². The number of ether oxygens (including phenoxy) is 3. The van der Waals surface area contributed by atoms with E-state index in [9.17, 15) is 14.4 Å². The molecule has 0 bridgehead atoms. The highest BCUT2D eigenvalue weighted by atomic mass is 32.2. The van der Waals surface area contributed by atoms with Crippen LogP contribution in [0.1, 0.15) is 37.5 Å². The minimum absolute atomic E-state index is 0.0922. The third-order valence-corrected chi connectivity index (χ3v) is 19.6. The topological polar surface area (TPSA) is 78.9 Å². The lowest BCUT2D eigenvalue weighted by Crippen LogP contribution is -2.26. The van der Waals surface area contributed by atoms with E-state index in [2.05, 4.69) is 31.8 Å². The van der Waals surface area contributed by atoms with Crippen molar-refractivity contribution < 1.29 is 28.6 Å². The molecule has 0 spiro atoms. The molecule has 2 heterocycles. The second kappa shape index (κ2) is 36.1. The molecular formula is C47H67BO6S9. The van der Waals surface area contributed by atoms with E-state index in [1.54, 1.807) is 6.92 Å². The van der Waals surface area contributed by atoms with Crippen molar-refractivity contribution in [2.45, 2.75) is 75.2 Å². The zero-order valence-corrected chi connectivity index (χ0v) is 44.8. The maximum Gasteiger partial charge on any atom is 0.333 e. The van der Waals surface area contributed by atoms with Gasteiger partial charge in [-0.25, -0.2) is 17.2 Å². The monoisotopic (exact) mass is 1030 g/mol. The third-order valence-electron chi connectivity index (χ3n) is 8.64. The largest absolute Gasteiger partial charge is 0.461 e. The van der Waals surface area contributed by atoms with E-state index in [0.717, 1.165) is 85.6 Å². The van der Waals surface area contributed by atoms with Crippen LogP contribution in [0.3, 0.4) is 0 Å². The number of benzene rings is 3. The molecule has 0 saturated carbocycles. The second-order valence-electron chi connectivity index (χ2n) is 15.1. The Kier molecular flexibility index (Phi) is 32.3. The van der Waals surface area contributed by atoms with Crippen molar-refractivity contribution in [3.63, 3.8) is 0 Å². The van der Waals surface area contributed by atoms with Crippen LogP contribution in [0, 0.1) is 11.8 Å². The molecule has 63 heavy (non-hydrogen) atoms. The van der Waals surface area contributed by atoms with Crippen LogP contribution in [0.25, 0.3) is 0 Å². The lowest BCUT2D eigenvalue weighted by Gasteiger charge is -2.27. The smallest absolute Gasteiger partial charge is 0.333 e. The fourth-order valence-electron chi connectivity index (χ4n) is 5.05. The van der Waals surface area contributed by atoms with Gasteiger partial charge in [0.1, 0.15) is 19.8 Å². The van der Waals surface area contributed by atoms with E-state index in [0.29, 0.717) is 41.9 Å². The van der Waals surface area contributed by atoms with Crippen molar-refractivity contribution in [2.24, 2.45) is 11.8 Å². The van der Waals surface area contributed by atoms with Crippen molar-refractivity contribution >= 4 is 132 Å². The van der Waals surface area contributed by atoms with Crippen molar-refractivity contribution in [3.8, 4) is 0 Å². The van der Waals surface area contributed by atoms with E-state index < -0.39 is 0 Å². The summed E-state index contributed by atoms with van der Waals surface area (Å²) in [5.74, 6) is 10.3. The summed E-state index contributed by atoms with van der Waals surface area (Å²) in [6, 6.07) is 29.2. The Morgan fingerprint density at radius 2 is 0.968 bits per heavy atom. The molecule has 0 aliphatic carbocycles. The molecule has 0 N–H and O–H groups in total. The van der Waals surface area contributed by atoms with E-state index in [1.165, 1.54) is 11.5 Å². The number of rotatable bonds is 20. The van der Waals surface area contributed by atoms with Gasteiger partial charge in [0.2, 0.25) is 0 Å². The van der Waals surface area contributed by atoms with Crippen molar-refractivity contribution in [1.82, 2.24) is 0 Å². The summed E-state index contributed by atoms with van der Waals surface area (Å²) >= 11 is 21.6. The Morgan fingerprint density at radius 3 is 1.25 bits per heavy atom. The Hall–Kier alpha value is -0.975. The highest BCUT2D eigenvalue weighted by Gasteiger charge is 2.24. The molecular weight excluding hydrogens is 960 g/mol. The molecule has 0 aromatic heterocycles. The molecule has 2 aliphatic rings. The molecule has 0 radical (unpaired) electrons. The molecule has 2 saturated heterocycles. The average molecular weight is 1030 g/mol. The van der Waals surface area contributed by atoms with Crippen LogP contribution in [0.15, 0.2) is 103 Å². The lowest BCUT2D eigenvalue weighted by molar-refractivity contribution is -0.149. The summed E-state index contributed by atoms with van der Waals surface area (Å²) in [6.45, 7) is 14.0. The highest BCUT2D eigenvalue weighted by molar-refractivity contribution is 8.10. The molecule has 3 aromatic rings. The fraction of sp³-hybridized carbons (Fsp3) is 0.511. The Labute approximate surface area is 422 Å². The normalized spacial score (nSPS) is 19.0. The summed E-state index contributed by atoms with van der Waals surface area (Å²) < 4.78 is 22.4. The van der Waals surface area contributed by atoms with Crippen LogP contribution in [0.5, 0.6) is 0 Å². The van der Waals surface area contributed by atoms with Gasteiger partial charge < -0.3 is 14.2 Å². The van der Waals surface area contributed by atoms with Gasteiger partial charge in [-0.05, 0) is 23.6 Å². The molecule has 348 valence electrons. The maximum atomic E-state index is 12.3. The van der Waals surface area contributed by atoms with Gasteiger partial charge in [-0.15, -0.1) is 0 Å². The van der Waals surface area contributed by atoms with Gasteiger partial charge in [0.05, 0.1) is 13.0 Å². The van der Waals surface area contributed by atoms with Crippen molar-refractivity contribution in [3.05, 3.63) is 120 Å². The van der Waals surface area contributed by atoms with Crippen LogP contribution in [0.4, 0.5) is 0 Å². The summed E-state index contributed by atoms with van der Waals surface area (Å²) in [5, 5.41) is 2.82. The predicted molar refractivity (Wildman–Crippen MR) is 296 cm³/mol. The summed E-state index contributed by atoms with van der Waals surface area (Å²) in [5.41, 5.74) is 3.45. The van der Waals surface area contributed by atoms with Crippen LogP contribution < -0.4 is 0 Å². The number of carbonyl (C=O) groups is 3. The standard InChI is InChI=1S/C28H36O4S4.C11H12O2.C6H12S4.C2H7BS/c1-21(27(29)31-13-23-9-5-3-6-10-23)15-33-17-25-19-36-26(20-35-25)18-34-16-22(2)28(30)32-14-24-11-7-4-8-12-24;1-9(2)11(12)13-8-10-6-4-3-5-7-10;7-1-5-3-10-6(2-8)4-9-5;1-3(2)4/h3-12,21-22,25-26H,13-20H2,1-2H3;3-7H,1,8H2,2H3;5-8H,1-4H2;4H,1-2H3/i;;;4D. The fourth-order valence-corrected chi connectivity index (χ4v) is 15.1. The SMILES string of the molecule is C=C(C)C(=O)OCc1ccccc1.CC(CSCC1CSC(CSCC(C)C(=O)OCc2ccccc2)CS1)C(=O)OCc1ccccc1.SCC1CSC(CS)CS1.[2H]SB(C)C. The number of thioether (sulfide) groups is 6. The first-order chi connectivity index (χ1) is 30.8. The summed E-state index contributed by atoms with van der Waals surface area (Å²) in [4.78, 5) is 35.5. The van der Waals surface area contributed by atoms with Gasteiger partial charge in [0, 0.05) is 84.1 Å². The second-order valence-corrected chi connectivity index (χ2v) is 24.3. The van der Waals surface area contributed by atoms with Crippen molar-refractivity contribution in [1.29, 1.82) is 1.12 Å². The minimum atomic E-state index is -0.344. The molecule has 0 amide bonds. The van der Waals surface area contributed by atoms with E-state index in [4.69, 9.17) is 15.3 Å². The first kappa shape index (κ1) is 56.3.